The number of aryl methyl sites for hydroxylation is 2. The number of pyridine rings is 1. The van der Waals surface area contributed by atoms with Crippen molar-refractivity contribution >= 4 is 17.7 Å². The van der Waals surface area contributed by atoms with E-state index in [9.17, 15) is 19.1 Å². The molecule has 6 nitrogen and oxygen atoms in total. The van der Waals surface area contributed by atoms with Crippen molar-refractivity contribution in [2.45, 2.75) is 51.0 Å². The first-order chi connectivity index (χ1) is 17.0. The van der Waals surface area contributed by atoms with Gasteiger partial charge in [-0.05, 0) is 60.9 Å². The third-order valence-corrected chi connectivity index (χ3v) is 6.23. The van der Waals surface area contributed by atoms with E-state index in [-0.39, 0.29) is 18.7 Å². The van der Waals surface area contributed by atoms with Crippen LogP contribution >= 0.6 is 0 Å². The number of rotatable bonds is 10. The molecule has 182 valence electrons. The van der Waals surface area contributed by atoms with Gasteiger partial charge in [-0.15, -0.1) is 0 Å². The number of benzene rings is 2. The molecule has 0 fully saturated rings. The third kappa shape index (κ3) is 6.66. The summed E-state index contributed by atoms with van der Waals surface area (Å²) in [5.74, 6) is -0.794. The number of aromatic nitrogens is 1. The van der Waals surface area contributed by atoms with Crippen molar-refractivity contribution in [3.63, 3.8) is 0 Å². The molecule has 2 aromatic carbocycles. The predicted molar refractivity (Wildman–Crippen MR) is 134 cm³/mol. The number of hydrogen-bond donors (Lipinski definition) is 3. The Kier molecular flexibility index (Phi) is 8.08. The molecular weight excluding hydrogens is 445 g/mol. The average Bonchev–Trinajstić information content (AvgIpc) is 2.86. The lowest BCUT2D eigenvalue weighted by Gasteiger charge is -2.19. The smallest absolute Gasteiger partial charge is 0.305 e. The largest absolute Gasteiger partial charge is 0.481 e. The maximum atomic E-state index is 14.8. The monoisotopic (exact) mass is 475 g/mol. The van der Waals surface area contributed by atoms with Gasteiger partial charge in [-0.3, -0.25) is 9.59 Å². The minimum Gasteiger partial charge on any atom is -0.481 e. The van der Waals surface area contributed by atoms with E-state index in [1.165, 1.54) is 11.6 Å². The van der Waals surface area contributed by atoms with E-state index in [0.717, 1.165) is 49.3 Å². The van der Waals surface area contributed by atoms with Gasteiger partial charge in [-0.25, -0.2) is 9.37 Å². The van der Waals surface area contributed by atoms with Crippen LogP contribution in [-0.4, -0.2) is 28.5 Å². The second-order valence-corrected chi connectivity index (χ2v) is 8.87. The fourth-order valence-corrected chi connectivity index (χ4v) is 4.39. The highest BCUT2D eigenvalue weighted by atomic mass is 19.1. The van der Waals surface area contributed by atoms with E-state index >= 15 is 0 Å². The van der Waals surface area contributed by atoms with Crippen molar-refractivity contribution in [3.8, 4) is 11.1 Å². The van der Waals surface area contributed by atoms with Gasteiger partial charge in [0, 0.05) is 24.2 Å². The number of unbranched alkanes of at least 4 members (excludes halogenated alkanes) is 1. The fraction of sp³-hybridized carbons (Fsp3) is 0.321. The van der Waals surface area contributed by atoms with Crippen molar-refractivity contribution in [1.82, 2.24) is 10.3 Å². The third-order valence-electron chi connectivity index (χ3n) is 6.23. The van der Waals surface area contributed by atoms with Crippen molar-refractivity contribution < 1.29 is 19.1 Å². The first kappa shape index (κ1) is 24.4. The van der Waals surface area contributed by atoms with Crippen molar-refractivity contribution in [1.29, 1.82) is 0 Å². The molecule has 1 aliphatic rings. The number of hydrogen-bond acceptors (Lipinski definition) is 4. The SMILES string of the molecule is O=C(O)C[C@H](NC(=O)CCCCc1ccc2c(n1)NCCC2)c1ccc(-c2ccccc2)c(F)c1. The second-order valence-electron chi connectivity index (χ2n) is 8.87. The lowest BCUT2D eigenvalue weighted by atomic mass is 9.98. The summed E-state index contributed by atoms with van der Waals surface area (Å²) in [4.78, 5) is 28.6. The van der Waals surface area contributed by atoms with Crippen LogP contribution < -0.4 is 10.6 Å². The number of nitrogens with one attached hydrogen (secondary N) is 2. The van der Waals surface area contributed by atoms with E-state index in [1.54, 1.807) is 12.1 Å². The molecule has 0 saturated heterocycles. The number of carboxylic acid groups (broad SMARTS) is 1. The van der Waals surface area contributed by atoms with Crippen LogP contribution in [0.3, 0.4) is 0 Å². The van der Waals surface area contributed by atoms with Crippen LogP contribution in [0.2, 0.25) is 0 Å². The highest BCUT2D eigenvalue weighted by molar-refractivity contribution is 5.78. The van der Waals surface area contributed by atoms with Gasteiger partial charge in [0.1, 0.15) is 11.6 Å². The topological polar surface area (TPSA) is 91.3 Å². The molecule has 0 bridgehead atoms. The van der Waals surface area contributed by atoms with Gasteiger partial charge in [0.25, 0.3) is 0 Å². The Labute approximate surface area is 204 Å². The van der Waals surface area contributed by atoms with Crippen LogP contribution in [0.25, 0.3) is 11.1 Å². The molecule has 1 aliphatic heterocycles. The van der Waals surface area contributed by atoms with E-state index in [0.29, 0.717) is 17.5 Å². The Morgan fingerprint density at radius 1 is 1.09 bits per heavy atom. The molecule has 4 rings (SSSR count). The molecule has 1 amide bonds. The quantitative estimate of drug-likeness (QED) is 0.347. The number of fused-ring (bicyclic) bond motifs is 1. The molecule has 35 heavy (non-hydrogen) atoms. The minimum absolute atomic E-state index is 0.246. The molecular formula is C28H30FN3O3. The average molecular weight is 476 g/mol. The maximum Gasteiger partial charge on any atom is 0.305 e. The molecule has 2 heterocycles. The summed E-state index contributed by atoms with van der Waals surface area (Å²) in [6.45, 7) is 0.944. The Morgan fingerprint density at radius 2 is 1.91 bits per heavy atom. The van der Waals surface area contributed by atoms with Crippen LogP contribution in [-0.2, 0) is 22.4 Å². The normalized spacial score (nSPS) is 13.4. The van der Waals surface area contributed by atoms with Crippen molar-refractivity contribution in [2.24, 2.45) is 0 Å². The van der Waals surface area contributed by atoms with Crippen LogP contribution in [0.4, 0.5) is 10.2 Å². The van der Waals surface area contributed by atoms with Gasteiger partial charge in [-0.2, -0.15) is 0 Å². The summed E-state index contributed by atoms with van der Waals surface area (Å²) in [5, 5.41) is 15.4. The number of aliphatic carboxylic acids is 1. The molecule has 1 atom stereocenters. The molecule has 0 aliphatic carbocycles. The number of carboxylic acids is 1. The van der Waals surface area contributed by atoms with Crippen LogP contribution in [0.1, 0.15) is 55.0 Å². The van der Waals surface area contributed by atoms with Crippen LogP contribution in [0, 0.1) is 5.82 Å². The van der Waals surface area contributed by atoms with Gasteiger partial charge >= 0.3 is 5.97 Å². The lowest BCUT2D eigenvalue weighted by molar-refractivity contribution is -0.137. The fourth-order valence-electron chi connectivity index (χ4n) is 4.39. The standard InChI is InChI=1S/C28H30FN3O3/c29-24-17-21(13-15-23(24)19-7-2-1-3-8-19)25(18-27(34)35)32-26(33)11-5-4-10-22-14-12-20-9-6-16-30-28(20)31-22/h1-3,7-8,12-15,17,25H,4-6,9-11,16,18H2,(H,30,31)(H,32,33)(H,34,35)/t25-/m0/s1. The second kappa shape index (κ2) is 11.6. The number of amides is 1. The summed E-state index contributed by atoms with van der Waals surface area (Å²) >= 11 is 0. The summed E-state index contributed by atoms with van der Waals surface area (Å²) in [7, 11) is 0. The summed E-state index contributed by atoms with van der Waals surface area (Å²) in [5.41, 5.74) is 3.84. The summed E-state index contributed by atoms with van der Waals surface area (Å²) < 4.78 is 14.8. The molecule has 3 N–H and O–H groups in total. The van der Waals surface area contributed by atoms with Crippen molar-refractivity contribution in [2.75, 3.05) is 11.9 Å². The molecule has 0 spiro atoms. The zero-order valence-corrected chi connectivity index (χ0v) is 19.6. The highest BCUT2D eigenvalue weighted by Crippen LogP contribution is 2.27. The summed E-state index contributed by atoms with van der Waals surface area (Å²) in [6, 6.07) is 17.1. The van der Waals surface area contributed by atoms with Gasteiger partial charge in [0.15, 0.2) is 0 Å². The first-order valence-corrected chi connectivity index (χ1v) is 12.1. The highest BCUT2D eigenvalue weighted by Gasteiger charge is 2.20. The van der Waals surface area contributed by atoms with E-state index in [4.69, 9.17) is 0 Å². The summed E-state index contributed by atoms with van der Waals surface area (Å²) in [6.07, 6.45) is 4.34. The maximum absolute atomic E-state index is 14.8. The van der Waals surface area contributed by atoms with Gasteiger partial charge in [0.05, 0.1) is 12.5 Å². The Bertz CT molecular complexity index is 1180. The lowest BCUT2D eigenvalue weighted by Crippen LogP contribution is -2.30. The number of nitrogens with zero attached hydrogens (tertiary/aromatic N) is 1. The molecule has 0 radical (unpaired) electrons. The van der Waals surface area contributed by atoms with Crippen LogP contribution in [0.15, 0.2) is 60.7 Å². The number of carbonyl (C=O) groups is 2. The minimum atomic E-state index is -1.06. The molecule has 0 saturated carbocycles. The first-order valence-electron chi connectivity index (χ1n) is 12.1. The van der Waals surface area contributed by atoms with Crippen molar-refractivity contribution in [3.05, 3.63) is 83.3 Å². The van der Waals surface area contributed by atoms with Gasteiger partial charge in [-0.1, -0.05) is 48.5 Å². The number of carbonyl (C=O) groups excluding carboxylic acids is 1. The van der Waals surface area contributed by atoms with E-state index < -0.39 is 17.8 Å². The van der Waals surface area contributed by atoms with Crippen LogP contribution in [0.5, 0.6) is 0 Å². The zero-order valence-electron chi connectivity index (χ0n) is 19.6. The molecule has 7 heteroatoms. The number of halogens is 1. The van der Waals surface area contributed by atoms with E-state index in [2.05, 4.69) is 21.7 Å². The Balaban J connectivity index is 1.32. The molecule has 0 unspecified atom stereocenters. The molecule has 3 aromatic rings. The number of anilines is 1. The van der Waals surface area contributed by atoms with Gasteiger partial charge < -0.3 is 15.7 Å². The van der Waals surface area contributed by atoms with E-state index in [1.807, 2.05) is 36.4 Å². The Morgan fingerprint density at radius 3 is 2.69 bits per heavy atom. The zero-order chi connectivity index (χ0) is 24.6. The Hall–Kier alpha value is -3.74. The molecule has 1 aromatic heterocycles. The van der Waals surface area contributed by atoms with Gasteiger partial charge in [0.2, 0.25) is 5.91 Å². The predicted octanol–water partition coefficient (Wildman–Crippen LogP) is 5.29.